The molecule has 3 heterocycles. The number of fused-ring (bicyclic) bond motifs is 1. The lowest BCUT2D eigenvalue weighted by molar-refractivity contribution is 0.465. The van der Waals surface area contributed by atoms with Gasteiger partial charge in [0.1, 0.15) is 5.58 Å². The summed E-state index contributed by atoms with van der Waals surface area (Å²) in [4.78, 5) is 16.1. The molecule has 0 amide bonds. The highest BCUT2D eigenvalue weighted by Crippen LogP contribution is 2.31. The largest absolute Gasteiger partial charge is 0.423 e. The van der Waals surface area contributed by atoms with Gasteiger partial charge in [0.25, 0.3) is 5.22 Å². The Hall–Kier alpha value is -2.93. The van der Waals surface area contributed by atoms with Crippen molar-refractivity contribution in [2.75, 3.05) is 0 Å². The topological polar surface area (TPSA) is 82.0 Å². The molecule has 0 bridgehead atoms. The molecule has 0 saturated carbocycles. The Bertz CT molecular complexity index is 1180. The minimum atomic E-state index is -0.360. The molecule has 0 unspecified atom stereocenters. The quantitative estimate of drug-likeness (QED) is 0.350. The minimum absolute atomic E-state index is 0.360. The van der Waals surface area contributed by atoms with Gasteiger partial charge in [-0.05, 0) is 53.8 Å². The molecule has 0 spiro atoms. The van der Waals surface area contributed by atoms with Crippen LogP contribution in [0.25, 0.3) is 22.4 Å². The number of nitrogens with zero attached hydrogens (tertiary/aromatic N) is 3. The molecule has 4 rings (SSSR count). The zero-order valence-corrected chi connectivity index (χ0v) is 16.6. The lowest BCUT2D eigenvalue weighted by Gasteiger charge is -2.12. The molecule has 28 heavy (non-hydrogen) atoms. The molecule has 1 aromatic carbocycles. The van der Waals surface area contributed by atoms with E-state index < -0.39 is 0 Å². The molecule has 0 fully saturated rings. The van der Waals surface area contributed by atoms with Crippen LogP contribution in [0, 0.1) is 6.92 Å². The highest BCUT2D eigenvalue weighted by atomic mass is 32.2. The van der Waals surface area contributed by atoms with Crippen LogP contribution in [0.2, 0.25) is 0 Å². The average molecular weight is 393 g/mol. The van der Waals surface area contributed by atoms with E-state index >= 15 is 0 Å². The van der Waals surface area contributed by atoms with Crippen molar-refractivity contribution < 1.29 is 8.83 Å². The SMILES string of the molecule is Cc1cc2oc(=O)cc(CSc3nnc(-c4cccnc4)o3)c2cc1C(C)C. The molecule has 0 aliphatic rings. The van der Waals surface area contributed by atoms with Crippen LogP contribution in [0.15, 0.2) is 61.6 Å². The maximum atomic E-state index is 12.0. The van der Waals surface area contributed by atoms with Crippen LogP contribution < -0.4 is 5.63 Å². The Kier molecular flexibility index (Phi) is 5.00. The Labute approximate surface area is 166 Å². The number of aromatic nitrogens is 3. The monoisotopic (exact) mass is 393 g/mol. The highest BCUT2D eigenvalue weighted by Gasteiger charge is 2.14. The predicted octanol–water partition coefficient (Wildman–Crippen LogP) is 4.96. The first kappa shape index (κ1) is 18.4. The van der Waals surface area contributed by atoms with E-state index in [4.69, 9.17) is 8.83 Å². The zero-order valence-electron chi connectivity index (χ0n) is 15.8. The standard InChI is InChI=1S/C21H19N3O3S/c1-12(2)16-9-17-15(8-19(25)26-18(17)7-13(16)3)11-28-21-24-23-20(27-21)14-5-4-6-22-10-14/h4-10,12H,11H2,1-3H3. The van der Waals surface area contributed by atoms with Gasteiger partial charge < -0.3 is 8.83 Å². The third-order valence-electron chi connectivity index (χ3n) is 4.50. The van der Waals surface area contributed by atoms with Crippen molar-refractivity contribution in [3.8, 4) is 11.5 Å². The van der Waals surface area contributed by atoms with E-state index in [9.17, 15) is 4.79 Å². The van der Waals surface area contributed by atoms with E-state index in [1.54, 1.807) is 12.4 Å². The van der Waals surface area contributed by atoms with Crippen LogP contribution in [0.3, 0.4) is 0 Å². The summed E-state index contributed by atoms with van der Waals surface area (Å²) < 4.78 is 11.1. The molecule has 7 heteroatoms. The molecule has 0 radical (unpaired) electrons. The molecular weight excluding hydrogens is 374 g/mol. The van der Waals surface area contributed by atoms with Crippen molar-refractivity contribution in [1.82, 2.24) is 15.2 Å². The predicted molar refractivity (Wildman–Crippen MR) is 108 cm³/mol. The van der Waals surface area contributed by atoms with Gasteiger partial charge in [0.2, 0.25) is 5.89 Å². The number of pyridine rings is 1. The maximum absolute atomic E-state index is 12.0. The highest BCUT2D eigenvalue weighted by molar-refractivity contribution is 7.98. The van der Waals surface area contributed by atoms with E-state index in [2.05, 4.69) is 35.1 Å². The number of hydrogen-bond acceptors (Lipinski definition) is 7. The van der Waals surface area contributed by atoms with E-state index in [-0.39, 0.29) is 5.63 Å². The molecule has 0 N–H and O–H groups in total. The van der Waals surface area contributed by atoms with Crippen molar-refractivity contribution in [3.05, 3.63) is 69.8 Å². The van der Waals surface area contributed by atoms with Gasteiger partial charge in [-0.1, -0.05) is 25.6 Å². The summed E-state index contributed by atoms with van der Waals surface area (Å²) in [5, 5.41) is 9.54. The van der Waals surface area contributed by atoms with Gasteiger partial charge in [-0.25, -0.2) is 4.79 Å². The van der Waals surface area contributed by atoms with Crippen LogP contribution in [0.4, 0.5) is 0 Å². The molecular formula is C21H19N3O3S. The lowest BCUT2D eigenvalue weighted by atomic mass is 9.95. The maximum Gasteiger partial charge on any atom is 0.336 e. The van der Waals surface area contributed by atoms with Gasteiger partial charge in [-0.2, -0.15) is 0 Å². The van der Waals surface area contributed by atoms with Gasteiger partial charge in [0, 0.05) is 29.6 Å². The lowest BCUT2D eigenvalue weighted by Crippen LogP contribution is -2.02. The summed E-state index contributed by atoms with van der Waals surface area (Å²) in [6.07, 6.45) is 3.36. The minimum Gasteiger partial charge on any atom is -0.423 e. The summed E-state index contributed by atoms with van der Waals surface area (Å²) in [5.41, 5.74) is 4.26. The smallest absolute Gasteiger partial charge is 0.336 e. The zero-order chi connectivity index (χ0) is 19.7. The van der Waals surface area contributed by atoms with E-state index in [0.717, 1.165) is 22.1 Å². The summed E-state index contributed by atoms with van der Waals surface area (Å²) >= 11 is 1.39. The molecule has 6 nitrogen and oxygen atoms in total. The van der Waals surface area contributed by atoms with E-state index in [1.165, 1.54) is 23.4 Å². The molecule has 3 aromatic heterocycles. The van der Waals surface area contributed by atoms with Gasteiger partial charge in [-0.3, -0.25) is 4.98 Å². The second-order valence-electron chi connectivity index (χ2n) is 6.85. The van der Waals surface area contributed by atoms with Crippen molar-refractivity contribution in [3.63, 3.8) is 0 Å². The third-order valence-corrected chi connectivity index (χ3v) is 5.37. The summed E-state index contributed by atoms with van der Waals surface area (Å²) in [6, 6.07) is 9.26. The fourth-order valence-electron chi connectivity index (χ4n) is 3.15. The number of thioether (sulfide) groups is 1. The first-order valence-corrected chi connectivity index (χ1v) is 9.94. The second kappa shape index (κ2) is 7.59. The van der Waals surface area contributed by atoms with Crippen molar-refractivity contribution in [2.24, 2.45) is 0 Å². The van der Waals surface area contributed by atoms with Crippen LogP contribution in [0.5, 0.6) is 0 Å². The molecule has 0 saturated heterocycles. The Balaban J connectivity index is 1.64. The van der Waals surface area contributed by atoms with E-state index in [1.807, 2.05) is 25.1 Å². The summed E-state index contributed by atoms with van der Waals surface area (Å²) in [5.74, 6) is 1.33. The van der Waals surface area contributed by atoms with Gasteiger partial charge >= 0.3 is 5.63 Å². The number of benzene rings is 1. The van der Waals surface area contributed by atoms with Crippen molar-refractivity contribution in [1.29, 1.82) is 0 Å². The Morgan fingerprint density at radius 3 is 2.75 bits per heavy atom. The Morgan fingerprint density at radius 1 is 1.14 bits per heavy atom. The molecule has 142 valence electrons. The Morgan fingerprint density at radius 2 is 2.00 bits per heavy atom. The molecule has 0 atom stereocenters. The van der Waals surface area contributed by atoms with Crippen LogP contribution in [-0.2, 0) is 5.75 Å². The fraction of sp³-hybridized carbons (Fsp3) is 0.238. The first-order chi connectivity index (χ1) is 13.5. The number of aryl methyl sites for hydroxylation is 1. The number of hydrogen-bond donors (Lipinski definition) is 0. The van der Waals surface area contributed by atoms with Gasteiger partial charge in [0.05, 0.1) is 5.56 Å². The van der Waals surface area contributed by atoms with Crippen molar-refractivity contribution >= 4 is 22.7 Å². The number of rotatable bonds is 5. The van der Waals surface area contributed by atoms with E-state index in [0.29, 0.717) is 28.4 Å². The van der Waals surface area contributed by atoms with Crippen LogP contribution in [-0.4, -0.2) is 15.2 Å². The molecule has 4 aromatic rings. The molecule has 0 aliphatic heterocycles. The van der Waals surface area contributed by atoms with Crippen LogP contribution in [0.1, 0.15) is 36.5 Å². The van der Waals surface area contributed by atoms with Gasteiger partial charge in [0.15, 0.2) is 0 Å². The molecule has 0 aliphatic carbocycles. The van der Waals surface area contributed by atoms with Crippen molar-refractivity contribution in [2.45, 2.75) is 37.7 Å². The summed E-state index contributed by atoms with van der Waals surface area (Å²) in [7, 11) is 0. The summed E-state index contributed by atoms with van der Waals surface area (Å²) in [6.45, 7) is 6.34. The fourth-order valence-corrected chi connectivity index (χ4v) is 3.90. The second-order valence-corrected chi connectivity index (χ2v) is 7.78. The normalized spacial score (nSPS) is 11.4. The van der Waals surface area contributed by atoms with Gasteiger partial charge in [-0.15, -0.1) is 10.2 Å². The average Bonchev–Trinajstić information content (AvgIpc) is 3.15. The third kappa shape index (κ3) is 3.71. The first-order valence-electron chi connectivity index (χ1n) is 8.95. The van der Waals surface area contributed by atoms with Crippen LogP contribution >= 0.6 is 11.8 Å².